The third-order valence-electron chi connectivity index (χ3n) is 10.3. The summed E-state index contributed by atoms with van der Waals surface area (Å²) in [4.78, 5) is 26.3. The monoisotopic (exact) mass is 735 g/mol. The highest BCUT2D eigenvalue weighted by Crippen LogP contribution is 2.49. The Morgan fingerprint density at radius 2 is 1.88 bits per heavy atom. The van der Waals surface area contributed by atoms with Crippen molar-refractivity contribution in [2.75, 3.05) is 18.0 Å². The van der Waals surface area contributed by atoms with Crippen molar-refractivity contribution >= 4 is 56.6 Å². The molecule has 2 aliphatic heterocycles. The molecule has 4 heterocycles. The van der Waals surface area contributed by atoms with E-state index in [4.69, 9.17) is 28.2 Å². The lowest BCUT2D eigenvalue weighted by Crippen LogP contribution is -2.44. The van der Waals surface area contributed by atoms with E-state index in [0.29, 0.717) is 46.5 Å². The molecule has 1 saturated carbocycles. The third kappa shape index (κ3) is 6.02. The highest BCUT2D eigenvalue weighted by atomic mass is 35.5. The molecule has 2 aromatic heterocycles. The van der Waals surface area contributed by atoms with E-state index in [1.54, 1.807) is 24.3 Å². The number of hydrogen-bond donors (Lipinski definition) is 1. The van der Waals surface area contributed by atoms with Crippen LogP contribution in [0.3, 0.4) is 0 Å². The number of carbonyl (C=O) groups excluding carboxylic acids is 1. The summed E-state index contributed by atoms with van der Waals surface area (Å²) in [5, 5.41) is 11.3. The van der Waals surface area contributed by atoms with Crippen molar-refractivity contribution in [3.05, 3.63) is 87.4 Å². The van der Waals surface area contributed by atoms with Gasteiger partial charge in [-0.3, -0.25) is 4.79 Å². The van der Waals surface area contributed by atoms with Crippen LogP contribution in [-0.4, -0.2) is 46.3 Å². The molecule has 0 spiro atoms. The average Bonchev–Trinajstić information content (AvgIpc) is 3.79. The van der Waals surface area contributed by atoms with E-state index < -0.39 is 12.2 Å². The Morgan fingerprint density at radius 3 is 2.63 bits per heavy atom. The highest BCUT2D eigenvalue weighted by molar-refractivity contribution is 6.43. The number of aryl methyl sites for hydroxylation is 2. The van der Waals surface area contributed by atoms with E-state index in [0.717, 1.165) is 30.3 Å². The predicted octanol–water partition coefficient (Wildman–Crippen LogP) is 9.68. The van der Waals surface area contributed by atoms with E-state index in [1.165, 1.54) is 18.2 Å². The first-order valence-corrected chi connectivity index (χ1v) is 17.6. The number of piperidine rings is 1. The molecule has 13 heteroatoms. The van der Waals surface area contributed by atoms with Gasteiger partial charge in [-0.25, -0.2) is 9.37 Å². The number of carbonyl (C=O) groups is 1. The zero-order chi connectivity index (χ0) is 35.8. The minimum Gasteiger partial charge on any atom is -0.406 e. The molecule has 1 aliphatic carbocycles. The van der Waals surface area contributed by atoms with Gasteiger partial charge in [0.15, 0.2) is 5.82 Å². The number of nitrogens with zero attached hydrogens (tertiary/aromatic N) is 4. The minimum atomic E-state index is -4.81. The maximum atomic E-state index is 16.7. The predicted molar refractivity (Wildman–Crippen MR) is 187 cm³/mol. The summed E-state index contributed by atoms with van der Waals surface area (Å²) in [5.41, 5.74) is 4.03. The summed E-state index contributed by atoms with van der Waals surface area (Å²) in [6, 6.07) is 16.5. The quantitative estimate of drug-likeness (QED) is 0.168. The van der Waals surface area contributed by atoms with Crippen molar-refractivity contribution < 1.29 is 27.1 Å². The fraction of sp³-hybridized carbons (Fsp3) is 0.342. The molecule has 3 atom stereocenters. The average molecular weight is 737 g/mol. The summed E-state index contributed by atoms with van der Waals surface area (Å²) in [5.74, 6) is -0.875. The summed E-state index contributed by atoms with van der Waals surface area (Å²) in [6.07, 6.45) is -2.00. The number of amides is 1. The molecule has 3 aromatic carbocycles. The van der Waals surface area contributed by atoms with Crippen molar-refractivity contribution in [2.24, 2.45) is 11.8 Å². The topological polar surface area (TPSA) is 85.2 Å². The van der Waals surface area contributed by atoms with Gasteiger partial charge in [-0.15, -0.1) is 13.2 Å². The van der Waals surface area contributed by atoms with E-state index >= 15 is 4.39 Å². The lowest BCUT2D eigenvalue weighted by Gasteiger charge is -2.34. The number of fused-ring (bicyclic) bond motifs is 5. The number of rotatable bonds is 7. The number of anilines is 1. The summed E-state index contributed by atoms with van der Waals surface area (Å²) >= 11 is 12.9. The summed E-state index contributed by atoms with van der Waals surface area (Å²) < 4.78 is 60.0. The molecule has 5 aromatic rings. The van der Waals surface area contributed by atoms with E-state index in [-0.39, 0.29) is 69.5 Å². The second-order valence-electron chi connectivity index (χ2n) is 13.7. The Labute approximate surface area is 300 Å². The fourth-order valence-electron chi connectivity index (χ4n) is 8.07. The van der Waals surface area contributed by atoms with Crippen LogP contribution in [0.25, 0.3) is 32.9 Å². The molecule has 0 radical (unpaired) electrons. The number of aromatic amines is 1. The molecule has 8 rings (SSSR count). The largest absolute Gasteiger partial charge is 0.573 e. The fourth-order valence-corrected chi connectivity index (χ4v) is 8.47. The molecule has 2 saturated heterocycles. The molecule has 2 bridgehead atoms. The lowest BCUT2D eigenvalue weighted by atomic mass is 9.92. The van der Waals surface area contributed by atoms with Gasteiger partial charge in [0, 0.05) is 76.4 Å². The number of H-pyrrole nitrogens is 1. The first kappa shape index (κ1) is 33.6. The summed E-state index contributed by atoms with van der Waals surface area (Å²) in [6.45, 7) is 2.79. The minimum absolute atomic E-state index is 0.0364. The Kier molecular flexibility index (Phi) is 8.30. The maximum absolute atomic E-state index is 16.7. The van der Waals surface area contributed by atoms with Gasteiger partial charge in [0.1, 0.15) is 11.3 Å². The number of ether oxygens (including phenoxy) is 1. The number of hydrogen-bond acceptors (Lipinski definition) is 5. The zero-order valence-electron chi connectivity index (χ0n) is 27.3. The normalized spacial score (nSPS) is 20.3. The molecular formula is C38H31Cl2F4N5O2. The van der Waals surface area contributed by atoms with Gasteiger partial charge in [0.05, 0.1) is 33.7 Å². The maximum Gasteiger partial charge on any atom is 0.573 e. The van der Waals surface area contributed by atoms with E-state index in [1.807, 2.05) is 28.9 Å². The van der Waals surface area contributed by atoms with Crippen LogP contribution >= 0.6 is 23.2 Å². The van der Waals surface area contributed by atoms with Crippen LogP contribution in [0.2, 0.25) is 10.0 Å². The van der Waals surface area contributed by atoms with Gasteiger partial charge in [0.2, 0.25) is 5.91 Å². The van der Waals surface area contributed by atoms with Crippen LogP contribution in [0.4, 0.5) is 23.2 Å². The van der Waals surface area contributed by atoms with Crippen molar-refractivity contribution in [1.82, 2.24) is 14.9 Å². The van der Waals surface area contributed by atoms with Crippen LogP contribution < -0.4 is 9.64 Å². The van der Waals surface area contributed by atoms with Crippen molar-refractivity contribution in [1.29, 1.82) is 5.26 Å². The molecule has 7 nitrogen and oxygen atoms in total. The van der Waals surface area contributed by atoms with E-state index in [2.05, 4.69) is 15.8 Å². The molecule has 3 unspecified atom stereocenters. The van der Waals surface area contributed by atoms with Gasteiger partial charge >= 0.3 is 6.36 Å². The van der Waals surface area contributed by atoms with Crippen LogP contribution in [0.15, 0.2) is 54.6 Å². The SMILES string of the molecule is Cc1nc2c(F)c(-c3cccc(Cl)c3Cl)c(CCC#N)cc2c2[nH]c(C3C4CC(CN(c5cccc(OC(F)(F)F)c5)C4)N3C(=O)C3CC3)cc12. The molecular weight excluding hydrogens is 705 g/mol. The highest BCUT2D eigenvalue weighted by Gasteiger charge is 2.51. The molecule has 51 heavy (non-hydrogen) atoms. The van der Waals surface area contributed by atoms with Gasteiger partial charge in [0.25, 0.3) is 0 Å². The number of benzene rings is 3. The van der Waals surface area contributed by atoms with Crippen molar-refractivity contribution in [2.45, 2.75) is 57.5 Å². The first-order valence-electron chi connectivity index (χ1n) is 16.8. The number of nitrogens with one attached hydrogen (secondary N) is 1. The van der Waals surface area contributed by atoms with Crippen LogP contribution in [-0.2, 0) is 11.2 Å². The lowest BCUT2D eigenvalue weighted by molar-refractivity contribution is -0.274. The first-order chi connectivity index (χ1) is 24.4. The smallest absolute Gasteiger partial charge is 0.406 e. The van der Waals surface area contributed by atoms with Crippen LogP contribution in [0, 0.1) is 35.9 Å². The van der Waals surface area contributed by atoms with Crippen molar-refractivity contribution in [3.63, 3.8) is 0 Å². The van der Waals surface area contributed by atoms with Gasteiger partial charge in [-0.1, -0.05) is 41.4 Å². The molecule has 3 aliphatic rings. The Morgan fingerprint density at radius 1 is 1.10 bits per heavy atom. The molecule has 3 fully saturated rings. The van der Waals surface area contributed by atoms with Crippen LogP contribution in [0.1, 0.15) is 48.7 Å². The number of pyridine rings is 1. The summed E-state index contributed by atoms with van der Waals surface area (Å²) in [7, 11) is 0. The number of nitriles is 1. The van der Waals surface area contributed by atoms with Gasteiger partial charge < -0.3 is 19.5 Å². The Bertz CT molecular complexity index is 2260. The molecule has 262 valence electrons. The number of aromatic nitrogens is 2. The second-order valence-corrected chi connectivity index (χ2v) is 14.4. The Hall–Kier alpha value is -4.53. The number of alkyl halides is 3. The standard InChI is InChI=1S/C38H31Cl2F4N5O2/c1-19-27-16-30(47-34(27)28-14-21(5-4-12-45)31(33(41)35(28)46-19)26-8-3-9-29(39)32(26)40)36-22-13-24(49(36)37(50)20-10-11-20)18-48(17-22)23-6-2-7-25(15-23)51-38(42,43)44/h2-3,6-9,14-16,20,22,24,36,47H,4-5,10-11,13,17-18H2,1H3. The van der Waals surface area contributed by atoms with Gasteiger partial charge in [-0.2, -0.15) is 5.26 Å². The van der Waals surface area contributed by atoms with Gasteiger partial charge in [-0.05, 0) is 68.5 Å². The number of likely N-dealkylation sites (tertiary alicyclic amines) is 1. The van der Waals surface area contributed by atoms with E-state index in [9.17, 15) is 23.2 Å². The molecule has 1 N–H and O–H groups in total. The van der Waals surface area contributed by atoms with Crippen LogP contribution in [0.5, 0.6) is 5.75 Å². The van der Waals surface area contributed by atoms with Crippen molar-refractivity contribution in [3.8, 4) is 22.9 Å². The molecule has 1 amide bonds. The number of halogens is 6. The zero-order valence-corrected chi connectivity index (χ0v) is 28.8. The third-order valence-corrected chi connectivity index (χ3v) is 11.2. The second kappa shape index (κ2) is 12.6. The Balaban J connectivity index is 1.23.